The number of nitrogens with one attached hydrogen (secondary N) is 1. The zero-order valence-electron chi connectivity index (χ0n) is 15.2. The highest BCUT2D eigenvalue weighted by Gasteiger charge is 2.29. The third-order valence-electron chi connectivity index (χ3n) is 5.04. The lowest BCUT2D eigenvalue weighted by Crippen LogP contribution is -2.40. The fourth-order valence-electron chi connectivity index (χ4n) is 3.65. The number of nitrogen functional groups attached to an aromatic ring is 1. The van der Waals surface area contributed by atoms with Crippen LogP contribution in [0.1, 0.15) is 29.7 Å². The Morgan fingerprint density at radius 3 is 3.00 bits per heavy atom. The molecule has 0 bridgehead atoms. The Morgan fingerprint density at radius 2 is 2.26 bits per heavy atom. The standard InChI is InChI=1S/C19H22ClN5O2/c1-11-7-12(20)4-5-14(11)17-15-9-25(10-16(15)23-18(21)24-17)19(26)22-8-13-3-2-6-27-13/h4-5,7,13H,2-3,6,8-10H2,1H3,(H,22,26)(H2,21,23,24). The normalized spacial score (nSPS) is 18.6. The first-order valence-corrected chi connectivity index (χ1v) is 9.45. The van der Waals surface area contributed by atoms with E-state index in [1.165, 1.54) is 0 Å². The van der Waals surface area contributed by atoms with Gasteiger partial charge in [-0.2, -0.15) is 0 Å². The number of urea groups is 1. The van der Waals surface area contributed by atoms with Crippen molar-refractivity contribution >= 4 is 23.6 Å². The molecule has 3 heterocycles. The van der Waals surface area contributed by atoms with Crippen molar-refractivity contribution in [3.8, 4) is 11.3 Å². The van der Waals surface area contributed by atoms with E-state index in [1.54, 1.807) is 4.90 Å². The van der Waals surface area contributed by atoms with E-state index in [0.29, 0.717) is 24.7 Å². The summed E-state index contributed by atoms with van der Waals surface area (Å²) < 4.78 is 5.56. The van der Waals surface area contributed by atoms with Gasteiger partial charge < -0.3 is 20.7 Å². The van der Waals surface area contributed by atoms with Gasteiger partial charge in [0, 0.05) is 29.3 Å². The van der Waals surface area contributed by atoms with E-state index in [-0.39, 0.29) is 18.1 Å². The Kier molecular flexibility index (Phi) is 4.88. The number of hydrogen-bond donors (Lipinski definition) is 2. The first-order chi connectivity index (χ1) is 13.0. The number of aromatic nitrogens is 2. The van der Waals surface area contributed by atoms with E-state index >= 15 is 0 Å². The minimum atomic E-state index is -0.124. The second kappa shape index (κ2) is 7.32. The van der Waals surface area contributed by atoms with E-state index < -0.39 is 0 Å². The van der Waals surface area contributed by atoms with Crippen molar-refractivity contribution in [1.29, 1.82) is 0 Å². The quantitative estimate of drug-likeness (QED) is 0.844. The first kappa shape index (κ1) is 18.0. The molecule has 1 fully saturated rings. The number of nitrogens with two attached hydrogens (primary N) is 1. The van der Waals surface area contributed by atoms with E-state index in [0.717, 1.165) is 47.5 Å². The number of halogens is 1. The second-order valence-electron chi connectivity index (χ2n) is 6.99. The Morgan fingerprint density at radius 1 is 1.41 bits per heavy atom. The molecule has 2 aliphatic rings. The number of rotatable bonds is 3. The molecular formula is C19H22ClN5O2. The SMILES string of the molecule is Cc1cc(Cl)ccc1-c1nc(N)nc2c1CN(C(=O)NCC1CCCO1)C2. The zero-order valence-corrected chi connectivity index (χ0v) is 15.9. The molecule has 8 heteroatoms. The Bertz CT molecular complexity index is 883. The van der Waals surface area contributed by atoms with Crippen LogP contribution in [0.25, 0.3) is 11.3 Å². The van der Waals surface area contributed by atoms with Gasteiger partial charge in [-0.3, -0.25) is 0 Å². The van der Waals surface area contributed by atoms with Gasteiger partial charge in [0.15, 0.2) is 0 Å². The molecule has 1 aromatic heterocycles. The maximum atomic E-state index is 12.6. The molecule has 0 spiro atoms. The summed E-state index contributed by atoms with van der Waals surface area (Å²) in [7, 11) is 0. The van der Waals surface area contributed by atoms with Gasteiger partial charge in [0.2, 0.25) is 5.95 Å². The number of carbonyl (C=O) groups excluding carboxylic acids is 1. The van der Waals surface area contributed by atoms with Crippen molar-refractivity contribution < 1.29 is 9.53 Å². The van der Waals surface area contributed by atoms with E-state index in [1.807, 2.05) is 25.1 Å². The largest absolute Gasteiger partial charge is 0.376 e. The molecule has 1 aromatic carbocycles. The van der Waals surface area contributed by atoms with Crippen LogP contribution in [0, 0.1) is 6.92 Å². The number of amides is 2. The summed E-state index contributed by atoms with van der Waals surface area (Å²) in [6, 6.07) is 5.53. The van der Waals surface area contributed by atoms with E-state index in [4.69, 9.17) is 22.1 Å². The van der Waals surface area contributed by atoms with Gasteiger partial charge in [0.05, 0.1) is 30.6 Å². The van der Waals surface area contributed by atoms with E-state index in [9.17, 15) is 4.79 Å². The number of fused-ring (bicyclic) bond motifs is 1. The lowest BCUT2D eigenvalue weighted by molar-refractivity contribution is 0.109. The van der Waals surface area contributed by atoms with Crippen LogP contribution in [-0.2, 0) is 17.8 Å². The molecule has 2 aromatic rings. The predicted molar refractivity (Wildman–Crippen MR) is 103 cm³/mol. The van der Waals surface area contributed by atoms with E-state index in [2.05, 4.69) is 15.3 Å². The fraction of sp³-hybridized carbons (Fsp3) is 0.421. The number of benzene rings is 1. The fourth-order valence-corrected chi connectivity index (χ4v) is 3.88. The van der Waals surface area contributed by atoms with Gasteiger partial charge in [-0.1, -0.05) is 17.7 Å². The van der Waals surface area contributed by atoms with Crippen LogP contribution < -0.4 is 11.1 Å². The number of hydrogen-bond acceptors (Lipinski definition) is 5. The Labute approximate surface area is 162 Å². The second-order valence-corrected chi connectivity index (χ2v) is 7.43. The maximum absolute atomic E-state index is 12.6. The molecule has 1 saturated heterocycles. The summed E-state index contributed by atoms with van der Waals surface area (Å²) in [6.07, 6.45) is 2.15. The van der Waals surface area contributed by atoms with Gasteiger partial charge in [0.1, 0.15) is 0 Å². The van der Waals surface area contributed by atoms with Crippen LogP contribution in [0.5, 0.6) is 0 Å². The van der Waals surface area contributed by atoms with Crippen molar-refractivity contribution in [2.24, 2.45) is 0 Å². The van der Waals surface area contributed by atoms with Gasteiger partial charge in [0.25, 0.3) is 0 Å². The van der Waals surface area contributed by atoms with Crippen LogP contribution in [0.4, 0.5) is 10.7 Å². The lowest BCUT2D eigenvalue weighted by Gasteiger charge is -2.18. The van der Waals surface area contributed by atoms with Crippen molar-refractivity contribution in [2.45, 2.75) is 39.0 Å². The van der Waals surface area contributed by atoms with Crippen LogP contribution >= 0.6 is 11.6 Å². The summed E-state index contributed by atoms with van der Waals surface area (Å²) in [5, 5.41) is 3.63. The highest BCUT2D eigenvalue weighted by atomic mass is 35.5. The maximum Gasteiger partial charge on any atom is 0.318 e. The molecule has 0 aliphatic carbocycles. The van der Waals surface area contributed by atoms with Crippen LogP contribution in [0.2, 0.25) is 5.02 Å². The summed E-state index contributed by atoms with van der Waals surface area (Å²) >= 11 is 6.08. The molecule has 0 radical (unpaired) electrons. The molecule has 142 valence electrons. The molecule has 2 amide bonds. The number of aryl methyl sites for hydroxylation is 1. The van der Waals surface area contributed by atoms with Crippen molar-refractivity contribution in [3.63, 3.8) is 0 Å². The van der Waals surface area contributed by atoms with Crippen LogP contribution in [0.3, 0.4) is 0 Å². The summed E-state index contributed by atoms with van der Waals surface area (Å²) in [6.45, 7) is 4.15. The average Bonchev–Trinajstić information content (AvgIpc) is 3.28. The molecule has 4 rings (SSSR count). The molecule has 1 atom stereocenters. The Hall–Kier alpha value is -2.38. The highest BCUT2D eigenvalue weighted by molar-refractivity contribution is 6.30. The zero-order chi connectivity index (χ0) is 19.0. The van der Waals surface area contributed by atoms with Gasteiger partial charge in [-0.05, 0) is 37.5 Å². The van der Waals surface area contributed by atoms with Crippen LogP contribution in [0.15, 0.2) is 18.2 Å². The topological polar surface area (TPSA) is 93.4 Å². The van der Waals surface area contributed by atoms with Gasteiger partial charge in [-0.15, -0.1) is 0 Å². The number of ether oxygens (including phenoxy) is 1. The minimum Gasteiger partial charge on any atom is -0.376 e. The summed E-state index contributed by atoms with van der Waals surface area (Å²) in [4.78, 5) is 23.1. The molecule has 0 saturated carbocycles. The molecule has 7 nitrogen and oxygen atoms in total. The van der Waals surface area contributed by atoms with Gasteiger partial charge in [-0.25, -0.2) is 14.8 Å². The van der Waals surface area contributed by atoms with Crippen molar-refractivity contribution in [1.82, 2.24) is 20.2 Å². The predicted octanol–water partition coefficient (Wildman–Crippen LogP) is 2.89. The highest BCUT2D eigenvalue weighted by Crippen LogP contribution is 2.33. The average molecular weight is 388 g/mol. The number of carbonyl (C=O) groups is 1. The molecular weight excluding hydrogens is 366 g/mol. The summed E-state index contributed by atoms with van der Waals surface area (Å²) in [5.74, 6) is 0.208. The number of anilines is 1. The molecule has 3 N–H and O–H groups in total. The lowest BCUT2D eigenvalue weighted by atomic mass is 10.0. The monoisotopic (exact) mass is 387 g/mol. The number of nitrogens with zero attached hydrogens (tertiary/aromatic N) is 3. The third kappa shape index (κ3) is 3.70. The molecule has 2 aliphatic heterocycles. The summed E-state index contributed by atoms with van der Waals surface area (Å²) in [5.41, 5.74) is 10.4. The van der Waals surface area contributed by atoms with Crippen LogP contribution in [-0.4, -0.2) is 40.2 Å². The minimum absolute atomic E-state index is 0.113. The molecule has 1 unspecified atom stereocenters. The van der Waals surface area contributed by atoms with Crippen molar-refractivity contribution in [3.05, 3.63) is 40.0 Å². The Balaban J connectivity index is 1.55. The smallest absolute Gasteiger partial charge is 0.318 e. The molecule has 27 heavy (non-hydrogen) atoms. The van der Waals surface area contributed by atoms with Gasteiger partial charge >= 0.3 is 6.03 Å². The third-order valence-corrected chi connectivity index (χ3v) is 5.27. The van der Waals surface area contributed by atoms with Crippen molar-refractivity contribution in [2.75, 3.05) is 18.9 Å². The first-order valence-electron chi connectivity index (χ1n) is 9.07.